The van der Waals surface area contributed by atoms with E-state index in [4.69, 9.17) is 24.7 Å². The number of Topliss-reactive ketones (excluding diaryl/α,β-unsaturated/α-hetero) is 2. The van der Waals surface area contributed by atoms with Gasteiger partial charge in [0.25, 0.3) is 0 Å². The normalized spacial score (nSPS) is 13.6. The Labute approximate surface area is 130 Å². The zero-order chi connectivity index (χ0) is 17.0. The fraction of sp³-hybridized carbons (Fsp3) is 0.786. The molecule has 0 heterocycles. The van der Waals surface area contributed by atoms with E-state index in [9.17, 15) is 14.4 Å². The van der Waals surface area contributed by atoms with Crippen molar-refractivity contribution in [1.29, 1.82) is 0 Å². The molecule has 8 heteroatoms. The highest BCUT2D eigenvalue weighted by molar-refractivity contribution is 5.77. The summed E-state index contributed by atoms with van der Waals surface area (Å²) in [6.45, 7) is 4.71. The Morgan fingerprint density at radius 1 is 0.864 bits per heavy atom. The van der Waals surface area contributed by atoms with Gasteiger partial charge in [0, 0.05) is 6.61 Å². The lowest BCUT2D eigenvalue weighted by Crippen LogP contribution is -2.41. The topological polar surface area (TPSA) is 114 Å². The Kier molecular flexibility index (Phi) is 11.5. The molecule has 0 saturated heterocycles. The molecule has 22 heavy (non-hydrogen) atoms. The van der Waals surface area contributed by atoms with Crippen LogP contribution in [0.3, 0.4) is 0 Å². The minimum absolute atomic E-state index is 0.0546. The van der Waals surface area contributed by atoms with Crippen LogP contribution in [0.1, 0.15) is 20.8 Å². The molecule has 0 aromatic rings. The van der Waals surface area contributed by atoms with Gasteiger partial charge in [-0.3, -0.25) is 14.4 Å². The van der Waals surface area contributed by atoms with Crippen LogP contribution in [-0.4, -0.2) is 69.3 Å². The maximum Gasteiger partial charge on any atom is 0.243 e. The highest BCUT2D eigenvalue weighted by Gasteiger charge is 2.24. The molecule has 0 aliphatic heterocycles. The fourth-order valence-electron chi connectivity index (χ4n) is 1.56. The quantitative estimate of drug-likeness (QED) is 0.458. The molecule has 0 aromatic heterocycles. The van der Waals surface area contributed by atoms with E-state index in [1.807, 2.05) is 0 Å². The molecule has 0 aliphatic rings. The van der Waals surface area contributed by atoms with Gasteiger partial charge in [-0.25, -0.2) is 0 Å². The van der Waals surface area contributed by atoms with E-state index in [0.29, 0.717) is 6.61 Å². The second kappa shape index (κ2) is 12.2. The lowest BCUT2D eigenvalue weighted by molar-refractivity contribution is -0.146. The van der Waals surface area contributed by atoms with E-state index in [0.717, 1.165) is 0 Å². The SMILES string of the molecule is CCOC(COCC(N)=O)C(COCC(C)=O)OCC(C)=O. The molecule has 0 aliphatic carbocycles. The fourth-order valence-corrected chi connectivity index (χ4v) is 1.56. The highest BCUT2D eigenvalue weighted by atomic mass is 16.6. The number of nitrogens with two attached hydrogens (primary N) is 1. The molecule has 128 valence electrons. The first-order valence-corrected chi connectivity index (χ1v) is 7.02. The first-order chi connectivity index (χ1) is 10.4. The van der Waals surface area contributed by atoms with Gasteiger partial charge in [-0.2, -0.15) is 0 Å². The summed E-state index contributed by atoms with van der Waals surface area (Å²) >= 11 is 0. The molecule has 0 radical (unpaired) electrons. The third-order valence-corrected chi connectivity index (χ3v) is 2.41. The Bertz CT molecular complexity index is 359. The van der Waals surface area contributed by atoms with Crippen LogP contribution in [-0.2, 0) is 33.3 Å². The van der Waals surface area contributed by atoms with E-state index >= 15 is 0 Å². The number of primary amides is 1. The summed E-state index contributed by atoms with van der Waals surface area (Å²) in [5.74, 6) is -0.864. The van der Waals surface area contributed by atoms with Crippen LogP contribution in [0.25, 0.3) is 0 Å². The maximum atomic E-state index is 11.1. The van der Waals surface area contributed by atoms with Crippen molar-refractivity contribution in [3.05, 3.63) is 0 Å². The first kappa shape index (κ1) is 20.6. The van der Waals surface area contributed by atoms with E-state index in [-0.39, 0.29) is 44.6 Å². The van der Waals surface area contributed by atoms with Crippen molar-refractivity contribution in [3.8, 4) is 0 Å². The number of ketones is 2. The average molecular weight is 319 g/mol. The molecule has 0 saturated carbocycles. The molecule has 2 N–H and O–H groups in total. The molecular formula is C14H25NO7. The minimum Gasteiger partial charge on any atom is -0.373 e. The van der Waals surface area contributed by atoms with Crippen molar-refractivity contribution in [1.82, 2.24) is 0 Å². The summed E-state index contributed by atoms with van der Waals surface area (Å²) in [7, 11) is 0. The predicted molar refractivity (Wildman–Crippen MR) is 77.3 cm³/mol. The molecule has 2 atom stereocenters. The number of rotatable bonds is 14. The van der Waals surface area contributed by atoms with E-state index in [2.05, 4.69) is 0 Å². The third-order valence-electron chi connectivity index (χ3n) is 2.41. The molecule has 0 spiro atoms. The van der Waals surface area contributed by atoms with Gasteiger partial charge in [0.2, 0.25) is 5.91 Å². The van der Waals surface area contributed by atoms with Gasteiger partial charge in [-0.05, 0) is 20.8 Å². The number of carbonyl (C=O) groups is 3. The number of hydrogen-bond donors (Lipinski definition) is 1. The van der Waals surface area contributed by atoms with Crippen LogP contribution < -0.4 is 5.73 Å². The van der Waals surface area contributed by atoms with Gasteiger partial charge in [0.15, 0.2) is 11.6 Å². The summed E-state index contributed by atoms with van der Waals surface area (Å²) in [6.07, 6.45) is -1.15. The van der Waals surface area contributed by atoms with E-state index in [1.54, 1.807) is 6.92 Å². The van der Waals surface area contributed by atoms with Crippen molar-refractivity contribution in [3.63, 3.8) is 0 Å². The standard InChI is InChI=1S/C14H25NO7/c1-4-21-12(7-20-9-14(15)18)13(22-6-11(3)17)8-19-5-10(2)16/h12-13H,4-9H2,1-3H3,(H2,15,18). The van der Waals surface area contributed by atoms with Crippen molar-refractivity contribution in [2.45, 2.75) is 33.0 Å². The molecule has 0 rings (SSSR count). The Morgan fingerprint density at radius 2 is 1.36 bits per heavy atom. The van der Waals surface area contributed by atoms with E-state index < -0.39 is 18.1 Å². The van der Waals surface area contributed by atoms with Crippen LogP contribution in [0.15, 0.2) is 0 Å². The van der Waals surface area contributed by atoms with Crippen LogP contribution in [0.2, 0.25) is 0 Å². The zero-order valence-corrected chi connectivity index (χ0v) is 13.3. The number of carbonyl (C=O) groups excluding carboxylic acids is 3. The summed E-state index contributed by atoms with van der Waals surface area (Å²) in [6, 6.07) is 0. The van der Waals surface area contributed by atoms with Crippen molar-refractivity contribution in [2.75, 3.05) is 39.6 Å². The maximum absolute atomic E-state index is 11.1. The average Bonchev–Trinajstić information content (AvgIpc) is 2.41. The molecule has 0 bridgehead atoms. The molecular weight excluding hydrogens is 294 g/mol. The summed E-state index contributed by atoms with van der Waals surface area (Å²) in [5, 5.41) is 0. The largest absolute Gasteiger partial charge is 0.373 e. The van der Waals surface area contributed by atoms with Gasteiger partial charge in [0.05, 0.1) is 13.2 Å². The second-order valence-electron chi connectivity index (χ2n) is 4.74. The molecule has 0 aromatic carbocycles. The van der Waals surface area contributed by atoms with Gasteiger partial charge in [0.1, 0.15) is 32.0 Å². The molecule has 1 amide bonds. The van der Waals surface area contributed by atoms with Gasteiger partial charge >= 0.3 is 0 Å². The molecule has 8 nitrogen and oxygen atoms in total. The van der Waals surface area contributed by atoms with Gasteiger partial charge < -0.3 is 24.7 Å². The van der Waals surface area contributed by atoms with Crippen LogP contribution in [0.5, 0.6) is 0 Å². The Balaban J connectivity index is 4.57. The highest BCUT2D eigenvalue weighted by Crippen LogP contribution is 2.07. The molecule has 2 unspecified atom stereocenters. The lowest BCUT2D eigenvalue weighted by atomic mass is 10.2. The van der Waals surface area contributed by atoms with Crippen LogP contribution >= 0.6 is 0 Å². The van der Waals surface area contributed by atoms with Crippen molar-refractivity contribution in [2.24, 2.45) is 5.73 Å². The van der Waals surface area contributed by atoms with Crippen molar-refractivity contribution < 1.29 is 33.3 Å². The summed E-state index contributed by atoms with van der Waals surface area (Å²) in [5.41, 5.74) is 5.00. The smallest absolute Gasteiger partial charge is 0.243 e. The minimum atomic E-state index is -0.601. The van der Waals surface area contributed by atoms with E-state index in [1.165, 1.54) is 13.8 Å². The van der Waals surface area contributed by atoms with Crippen LogP contribution in [0.4, 0.5) is 0 Å². The summed E-state index contributed by atoms with van der Waals surface area (Å²) < 4.78 is 21.3. The second-order valence-corrected chi connectivity index (χ2v) is 4.74. The van der Waals surface area contributed by atoms with Crippen molar-refractivity contribution >= 4 is 17.5 Å². The summed E-state index contributed by atoms with van der Waals surface area (Å²) in [4.78, 5) is 32.7. The number of ether oxygens (including phenoxy) is 4. The Morgan fingerprint density at radius 3 is 1.82 bits per heavy atom. The number of hydrogen-bond acceptors (Lipinski definition) is 7. The Hall–Kier alpha value is -1.35. The lowest BCUT2D eigenvalue weighted by Gasteiger charge is -2.26. The van der Waals surface area contributed by atoms with Crippen LogP contribution in [0, 0.1) is 0 Å². The zero-order valence-electron chi connectivity index (χ0n) is 13.3. The van der Waals surface area contributed by atoms with Gasteiger partial charge in [-0.15, -0.1) is 0 Å². The first-order valence-electron chi connectivity index (χ1n) is 7.02. The third kappa shape index (κ3) is 11.3. The predicted octanol–water partition coefficient (Wildman–Crippen LogP) is -0.527. The monoisotopic (exact) mass is 319 g/mol. The molecule has 0 fully saturated rings. The number of amides is 1. The van der Waals surface area contributed by atoms with Gasteiger partial charge in [-0.1, -0.05) is 0 Å².